The first-order valence-corrected chi connectivity index (χ1v) is 10.3. The molecule has 0 aliphatic carbocycles. The number of amides is 4. The van der Waals surface area contributed by atoms with E-state index in [9.17, 15) is 28.8 Å². The molecule has 0 fully saturated rings. The first-order valence-electron chi connectivity index (χ1n) is 10.3. The van der Waals surface area contributed by atoms with E-state index in [0.29, 0.717) is 6.42 Å². The van der Waals surface area contributed by atoms with Crippen LogP contribution in [0.15, 0.2) is 0 Å². The summed E-state index contributed by atoms with van der Waals surface area (Å²) in [4.78, 5) is 70.7. The Labute approximate surface area is 190 Å². The number of aliphatic hydroxyl groups is 1. The molecule has 0 rings (SSSR count). The maximum Gasteiger partial charge on any atom is 0.328 e. The fourth-order valence-corrected chi connectivity index (χ4v) is 2.72. The molecule has 4 atom stereocenters. The van der Waals surface area contributed by atoms with Crippen molar-refractivity contribution in [1.29, 1.82) is 0 Å². The molecule has 0 saturated carbocycles. The van der Waals surface area contributed by atoms with Gasteiger partial charge in [-0.3, -0.25) is 24.0 Å². The van der Waals surface area contributed by atoms with E-state index in [1.54, 1.807) is 0 Å². The molecule has 14 heteroatoms. The predicted octanol–water partition coefficient (Wildman–Crippen LogP) is -2.98. The second kappa shape index (κ2) is 14.7. The lowest BCUT2D eigenvalue weighted by atomic mass is 10.0. The Morgan fingerprint density at radius 1 is 0.788 bits per heavy atom. The number of carboxylic acids is 2. The van der Waals surface area contributed by atoms with E-state index in [-0.39, 0.29) is 18.8 Å². The molecule has 0 aromatic carbocycles. The van der Waals surface area contributed by atoms with Gasteiger partial charge in [-0.05, 0) is 25.2 Å². The largest absolute Gasteiger partial charge is 0.481 e. The van der Waals surface area contributed by atoms with Crippen molar-refractivity contribution >= 4 is 35.6 Å². The standard InChI is InChI=1S/C19H33N5O9/c1-9(2)7-10(20)16(29)22-11(3-5-14(21)26)17(30)23-12(4-6-15(27)28)18(31)24-13(8-25)19(32)33/h9-13,25H,3-8,20H2,1-2H3,(H2,21,26)(H,22,29)(H,23,30)(H,24,31)(H,27,28)(H,32,33). The normalized spacial score (nSPS) is 14.5. The van der Waals surface area contributed by atoms with Gasteiger partial charge in [-0.15, -0.1) is 0 Å². The van der Waals surface area contributed by atoms with Crippen LogP contribution in [0.1, 0.15) is 46.0 Å². The van der Waals surface area contributed by atoms with Crippen molar-refractivity contribution in [1.82, 2.24) is 16.0 Å². The van der Waals surface area contributed by atoms with Crippen molar-refractivity contribution < 1.29 is 44.1 Å². The lowest BCUT2D eigenvalue weighted by Crippen LogP contribution is -2.57. The van der Waals surface area contributed by atoms with Crippen LogP contribution in [0.3, 0.4) is 0 Å². The van der Waals surface area contributed by atoms with Gasteiger partial charge in [-0.2, -0.15) is 0 Å². The third kappa shape index (κ3) is 12.4. The van der Waals surface area contributed by atoms with Crippen LogP contribution in [0.25, 0.3) is 0 Å². The van der Waals surface area contributed by atoms with Gasteiger partial charge in [-0.1, -0.05) is 13.8 Å². The summed E-state index contributed by atoms with van der Waals surface area (Å²) in [6, 6.07) is -5.45. The number of aliphatic hydroxyl groups excluding tert-OH is 1. The van der Waals surface area contributed by atoms with Gasteiger partial charge in [0.05, 0.1) is 12.6 Å². The highest BCUT2D eigenvalue weighted by molar-refractivity contribution is 5.94. The molecule has 10 N–H and O–H groups in total. The molecule has 14 nitrogen and oxygen atoms in total. The van der Waals surface area contributed by atoms with Gasteiger partial charge in [0.25, 0.3) is 0 Å². The van der Waals surface area contributed by atoms with E-state index >= 15 is 0 Å². The quantitative estimate of drug-likeness (QED) is 0.112. The van der Waals surface area contributed by atoms with Crippen LogP contribution < -0.4 is 27.4 Å². The number of nitrogens with one attached hydrogen (secondary N) is 3. The third-order valence-electron chi connectivity index (χ3n) is 4.45. The Bertz CT molecular complexity index is 728. The average molecular weight is 475 g/mol. The highest BCUT2D eigenvalue weighted by atomic mass is 16.4. The smallest absolute Gasteiger partial charge is 0.328 e. The first-order chi connectivity index (χ1) is 15.3. The maximum atomic E-state index is 12.8. The van der Waals surface area contributed by atoms with Gasteiger partial charge >= 0.3 is 11.9 Å². The van der Waals surface area contributed by atoms with Crippen LogP contribution in [-0.2, 0) is 28.8 Å². The lowest BCUT2D eigenvalue weighted by Gasteiger charge is -2.25. The molecule has 4 amide bonds. The molecule has 0 saturated heterocycles. The van der Waals surface area contributed by atoms with E-state index in [0.717, 1.165) is 0 Å². The SMILES string of the molecule is CC(C)CC(N)C(=O)NC(CCC(N)=O)C(=O)NC(CCC(=O)O)C(=O)NC(CO)C(=O)O. The van der Waals surface area contributed by atoms with Crippen molar-refractivity contribution in [2.75, 3.05) is 6.61 Å². The predicted molar refractivity (Wildman–Crippen MR) is 113 cm³/mol. The topological polar surface area (TPSA) is 251 Å². The number of primary amides is 1. The van der Waals surface area contributed by atoms with Crippen molar-refractivity contribution in [2.24, 2.45) is 17.4 Å². The van der Waals surface area contributed by atoms with E-state index in [1.165, 1.54) is 0 Å². The monoisotopic (exact) mass is 475 g/mol. The van der Waals surface area contributed by atoms with Crippen LogP contribution in [0.4, 0.5) is 0 Å². The molecule has 0 aliphatic rings. The fourth-order valence-electron chi connectivity index (χ4n) is 2.72. The molecule has 0 aromatic heterocycles. The molecular formula is C19H33N5O9. The van der Waals surface area contributed by atoms with Gasteiger partial charge in [0.1, 0.15) is 18.1 Å². The van der Waals surface area contributed by atoms with E-state index in [4.69, 9.17) is 26.8 Å². The summed E-state index contributed by atoms with van der Waals surface area (Å²) in [5, 5.41) is 33.6. The van der Waals surface area contributed by atoms with Crippen molar-refractivity contribution in [3.8, 4) is 0 Å². The second-order valence-corrected chi connectivity index (χ2v) is 7.88. The summed E-state index contributed by atoms with van der Waals surface area (Å²) < 4.78 is 0. The van der Waals surface area contributed by atoms with Crippen LogP contribution in [0, 0.1) is 5.92 Å². The third-order valence-corrected chi connectivity index (χ3v) is 4.45. The molecule has 33 heavy (non-hydrogen) atoms. The maximum absolute atomic E-state index is 12.8. The molecule has 4 unspecified atom stereocenters. The van der Waals surface area contributed by atoms with Crippen LogP contribution >= 0.6 is 0 Å². The number of nitrogens with two attached hydrogens (primary N) is 2. The zero-order valence-corrected chi connectivity index (χ0v) is 18.6. The first kappa shape index (κ1) is 29.7. The fraction of sp³-hybridized carbons (Fsp3) is 0.684. The zero-order chi connectivity index (χ0) is 25.7. The van der Waals surface area contributed by atoms with Crippen molar-refractivity contribution in [2.45, 2.75) is 70.1 Å². The Balaban J connectivity index is 5.53. The number of carboxylic acid groups (broad SMARTS) is 2. The summed E-state index contributed by atoms with van der Waals surface area (Å²) in [6.07, 6.45) is -1.14. The van der Waals surface area contributed by atoms with Gasteiger partial charge in [0.2, 0.25) is 23.6 Å². The molecular weight excluding hydrogens is 442 g/mol. The van der Waals surface area contributed by atoms with E-state index < -0.39 is 79.2 Å². The minimum atomic E-state index is -1.68. The number of hydrogen-bond acceptors (Lipinski definition) is 8. The van der Waals surface area contributed by atoms with Crippen LogP contribution in [0.5, 0.6) is 0 Å². The summed E-state index contributed by atoms with van der Waals surface area (Å²) in [7, 11) is 0. The molecule has 0 aromatic rings. The number of carbonyl (C=O) groups excluding carboxylic acids is 4. The highest BCUT2D eigenvalue weighted by Crippen LogP contribution is 2.06. The minimum Gasteiger partial charge on any atom is -0.481 e. The molecule has 0 aliphatic heterocycles. The van der Waals surface area contributed by atoms with E-state index in [1.807, 2.05) is 19.2 Å². The van der Waals surface area contributed by atoms with Crippen molar-refractivity contribution in [3.63, 3.8) is 0 Å². The Hall–Kier alpha value is -3.26. The summed E-state index contributed by atoms with van der Waals surface area (Å²) in [6.45, 7) is 2.74. The average Bonchev–Trinajstić information content (AvgIpc) is 2.70. The Morgan fingerprint density at radius 3 is 1.64 bits per heavy atom. The Morgan fingerprint density at radius 2 is 1.24 bits per heavy atom. The van der Waals surface area contributed by atoms with Gasteiger partial charge in [0.15, 0.2) is 0 Å². The molecule has 0 spiro atoms. The highest BCUT2D eigenvalue weighted by Gasteiger charge is 2.30. The van der Waals surface area contributed by atoms with Crippen LogP contribution in [-0.4, -0.2) is 81.7 Å². The summed E-state index contributed by atoms with van der Waals surface area (Å²) in [5.74, 6) is -6.14. The summed E-state index contributed by atoms with van der Waals surface area (Å²) >= 11 is 0. The van der Waals surface area contributed by atoms with Gasteiger partial charge in [0, 0.05) is 12.8 Å². The van der Waals surface area contributed by atoms with Crippen molar-refractivity contribution in [3.05, 3.63) is 0 Å². The molecule has 0 bridgehead atoms. The van der Waals surface area contributed by atoms with Crippen LogP contribution in [0.2, 0.25) is 0 Å². The lowest BCUT2D eigenvalue weighted by molar-refractivity contribution is -0.144. The number of rotatable bonds is 16. The second-order valence-electron chi connectivity index (χ2n) is 7.88. The number of hydrogen-bond donors (Lipinski definition) is 8. The molecule has 0 heterocycles. The Kier molecular flexibility index (Phi) is 13.3. The summed E-state index contributed by atoms with van der Waals surface area (Å²) in [5.41, 5.74) is 10.9. The molecule has 0 radical (unpaired) electrons. The van der Waals surface area contributed by atoms with Gasteiger partial charge < -0.3 is 42.7 Å². The minimum absolute atomic E-state index is 0.0847. The van der Waals surface area contributed by atoms with Gasteiger partial charge in [-0.25, -0.2) is 4.79 Å². The number of aliphatic carboxylic acids is 2. The van der Waals surface area contributed by atoms with E-state index in [2.05, 4.69) is 10.6 Å². The number of carbonyl (C=O) groups is 6. The molecule has 188 valence electrons. The zero-order valence-electron chi connectivity index (χ0n) is 18.6.